The van der Waals surface area contributed by atoms with E-state index in [9.17, 15) is 0 Å². The van der Waals surface area contributed by atoms with Crippen molar-refractivity contribution in [3.05, 3.63) is 45.1 Å². The Hall–Kier alpha value is -0.980. The normalized spacial score (nSPS) is 11.6. The standard InChI is InChI=1S/C44H68S4.H3N/c1-5-7-9-11-13-15-17-19-21-23-25-27-29-37-31-35(3)45-43(37)41-33-39-40(47-41)34-42(48-39)44-38(32-36(4)46-44)30-28-26-24-22-20-18-16-14-12-10-8-6-2;/h31-34H,5-30H2,1-4H3;1H3. The Morgan fingerprint density at radius 3 is 0.959 bits per heavy atom. The number of fused-ring (bicyclic) bond motifs is 1. The van der Waals surface area contributed by atoms with Gasteiger partial charge in [-0.25, -0.2) is 0 Å². The molecule has 4 aromatic heterocycles. The Bertz CT molecular complexity index is 1270. The van der Waals surface area contributed by atoms with Gasteiger partial charge in [-0.05, 0) is 74.9 Å². The van der Waals surface area contributed by atoms with Crippen molar-refractivity contribution < 1.29 is 0 Å². The first kappa shape index (κ1) is 42.4. The van der Waals surface area contributed by atoms with E-state index in [1.54, 1.807) is 20.9 Å². The van der Waals surface area contributed by atoms with Gasteiger partial charge in [-0.3, -0.25) is 0 Å². The van der Waals surface area contributed by atoms with Crippen LogP contribution in [0.15, 0.2) is 24.3 Å². The first-order valence-corrected chi connectivity index (χ1v) is 23.6. The fraction of sp³-hybridized carbons (Fsp3) is 0.682. The van der Waals surface area contributed by atoms with Gasteiger partial charge in [0.2, 0.25) is 0 Å². The van der Waals surface area contributed by atoms with Crippen molar-refractivity contribution in [1.82, 2.24) is 6.15 Å². The highest BCUT2D eigenvalue weighted by atomic mass is 32.1. The topological polar surface area (TPSA) is 35.0 Å². The molecule has 0 unspecified atom stereocenters. The van der Waals surface area contributed by atoms with Crippen molar-refractivity contribution in [2.24, 2.45) is 0 Å². The lowest BCUT2D eigenvalue weighted by Crippen LogP contribution is -1.87. The van der Waals surface area contributed by atoms with Crippen LogP contribution in [0.5, 0.6) is 0 Å². The van der Waals surface area contributed by atoms with Crippen LogP contribution >= 0.6 is 45.3 Å². The molecule has 1 nitrogen and oxygen atoms in total. The summed E-state index contributed by atoms with van der Waals surface area (Å²) in [5.74, 6) is 0. The van der Waals surface area contributed by atoms with Crippen LogP contribution < -0.4 is 6.15 Å². The minimum Gasteiger partial charge on any atom is -0.344 e. The molecule has 0 saturated heterocycles. The van der Waals surface area contributed by atoms with Crippen molar-refractivity contribution >= 4 is 54.7 Å². The average molecular weight is 742 g/mol. The molecule has 0 bridgehead atoms. The summed E-state index contributed by atoms with van der Waals surface area (Å²) in [6, 6.07) is 9.98. The largest absolute Gasteiger partial charge is 0.344 e. The molecule has 0 aromatic carbocycles. The highest BCUT2D eigenvalue weighted by molar-refractivity contribution is 7.33. The number of unbranched alkanes of at least 4 members (excludes halogenated alkanes) is 22. The van der Waals surface area contributed by atoms with Gasteiger partial charge < -0.3 is 6.15 Å². The molecule has 4 heterocycles. The highest BCUT2D eigenvalue weighted by Crippen LogP contribution is 2.47. The first-order chi connectivity index (χ1) is 23.6. The van der Waals surface area contributed by atoms with Crippen LogP contribution in [0, 0.1) is 13.8 Å². The molecular weight excluding hydrogens is 671 g/mol. The highest BCUT2D eigenvalue weighted by Gasteiger charge is 2.17. The van der Waals surface area contributed by atoms with Crippen molar-refractivity contribution in [3.63, 3.8) is 0 Å². The molecule has 276 valence electrons. The quantitative estimate of drug-likeness (QED) is 0.0578. The lowest BCUT2D eigenvalue weighted by atomic mass is 10.0. The van der Waals surface area contributed by atoms with Gasteiger partial charge in [-0.1, -0.05) is 155 Å². The SMILES string of the molecule is CCCCCCCCCCCCCCc1cc(C)sc1-c1cc2sc(-c3sc(C)cc3CCCCCCCCCCCCCC)cc2s1.N. The molecule has 0 atom stereocenters. The molecule has 5 heteroatoms. The second-order valence-corrected chi connectivity index (χ2v) is 19.3. The van der Waals surface area contributed by atoms with E-state index in [1.807, 2.05) is 45.3 Å². The Kier molecular flexibility index (Phi) is 21.7. The predicted molar refractivity (Wildman–Crippen MR) is 230 cm³/mol. The third-order valence-corrected chi connectivity index (χ3v) is 15.0. The molecule has 0 fully saturated rings. The van der Waals surface area contributed by atoms with E-state index in [0.29, 0.717) is 0 Å². The lowest BCUT2D eigenvalue weighted by Gasteiger charge is -2.04. The molecule has 0 radical (unpaired) electrons. The van der Waals surface area contributed by atoms with E-state index in [1.165, 1.54) is 196 Å². The Balaban J connectivity index is 0.00000650. The van der Waals surface area contributed by atoms with E-state index >= 15 is 0 Å². The number of thiophene rings is 4. The van der Waals surface area contributed by atoms with Gasteiger partial charge >= 0.3 is 0 Å². The van der Waals surface area contributed by atoms with E-state index in [-0.39, 0.29) is 6.15 Å². The van der Waals surface area contributed by atoms with Gasteiger partial charge in [0, 0.05) is 38.7 Å². The zero-order valence-electron chi connectivity index (χ0n) is 32.0. The third kappa shape index (κ3) is 15.3. The van der Waals surface area contributed by atoms with Crippen molar-refractivity contribution in [2.45, 2.75) is 195 Å². The predicted octanol–water partition coefficient (Wildman–Crippen LogP) is 17.7. The summed E-state index contributed by atoms with van der Waals surface area (Å²) in [7, 11) is 0. The number of aryl methyl sites for hydroxylation is 4. The minimum atomic E-state index is 0. The van der Waals surface area contributed by atoms with Crippen LogP contribution in [0.25, 0.3) is 28.9 Å². The zero-order valence-corrected chi connectivity index (χ0v) is 35.3. The molecule has 0 saturated carbocycles. The Morgan fingerprint density at radius 1 is 0.367 bits per heavy atom. The van der Waals surface area contributed by atoms with Crippen LogP contribution in [0.4, 0.5) is 0 Å². The summed E-state index contributed by atoms with van der Waals surface area (Å²) in [4.78, 5) is 9.01. The molecule has 0 aliphatic rings. The number of hydrogen-bond donors (Lipinski definition) is 1. The van der Waals surface area contributed by atoms with Gasteiger partial charge in [0.25, 0.3) is 0 Å². The Morgan fingerprint density at radius 2 is 0.653 bits per heavy atom. The molecule has 0 spiro atoms. The summed E-state index contributed by atoms with van der Waals surface area (Å²) in [5.41, 5.74) is 3.19. The average Bonchev–Trinajstić information content (AvgIpc) is 3.84. The Labute approximate surface area is 318 Å². The molecule has 49 heavy (non-hydrogen) atoms. The third-order valence-electron chi connectivity index (χ3n) is 10.1. The summed E-state index contributed by atoms with van der Waals surface area (Å²) in [6.07, 6.45) is 36.6. The van der Waals surface area contributed by atoms with E-state index in [2.05, 4.69) is 52.0 Å². The molecule has 3 N–H and O–H groups in total. The summed E-state index contributed by atoms with van der Waals surface area (Å²) in [6.45, 7) is 9.21. The second-order valence-electron chi connectivity index (χ2n) is 14.7. The van der Waals surface area contributed by atoms with Gasteiger partial charge in [-0.15, -0.1) is 45.3 Å². The fourth-order valence-electron chi connectivity index (χ4n) is 7.29. The molecule has 4 aromatic rings. The summed E-state index contributed by atoms with van der Waals surface area (Å²) in [5, 5.41) is 0. The molecule has 4 rings (SSSR count). The smallest absolute Gasteiger partial charge is 0.0478 e. The minimum absolute atomic E-state index is 0. The van der Waals surface area contributed by atoms with Crippen molar-refractivity contribution in [2.75, 3.05) is 0 Å². The van der Waals surface area contributed by atoms with Crippen molar-refractivity contribution in [1.29, 1.82) is 0 Å². The monoisotopic (exact) mass is 741 g/mol. The molecule has 0 amide bonds. The first-order valence-electron chi connectivity index (χ1n) is 20.3. The van der Waals surface area contributed by atoms with E-state index in [4.69, 9.17) is 0 Å². The van der Waals surface area contributed by atoms with Gasteiger partial charge in [0.05, 0.1) is 0 Å². The van der Waals surface area contributed by atoms with E-state index < -0.39 is 0 Å². The maximum absolute atomic E-state index is 2.51. The van der Waals surface area contributed by atoms with Crippen LogP contribution in [0.2, 0.25) is 0 Å². The number of rotatable bonds is 28. The zero-order chi connectivity index (χ0) is 33.8. The van der Waals surface area contributed by atoms with Crippen LogP contribution in [0.1, 0.15) is 189 Å². The maximum Gasteiger partial charge on any atom is 0.0478 e. The molecule has 0 aliphatic carbocycles. The lowest BCUT2D eigenvalue weighted by molar-refractivity contribution is 0.544. The fourth-order valence-corrected chi connectivity index (χ4v) is 12.1. The van der Waals surface area contributed by atoms with Gasteiger partial charge in [0.15, 0.2) is 0 Å². The van der Waals surface area contributed by atoms with Gasteiger partial charge in [0.1, 0.15) is 0 Å². The summed E-state index contributed by atoms with van der Waals surface area (Å²) >= 11 is 8.09. The van der Waals surface area contributed by atoms with Gasteiger partial charge in [-0.2, -0.15) is 0 Å². The van der Waals surface area contributed by atoms with Crippen LogP contribution in [-0.4, -0.2) is 0 Å². The van der Waals surface area contributed by atoms with Crippen LogP contribution in [-0.2, 0) is 12.8 Å². The molecular formula is C44H71NS4. The van der Waals surface area contributed by atoms with E-state index in [0.717, 1.165) is 0 Å². The molecule has 0 aliphatic heterocycles. The van der Waals surface area contributed by atoms with Crippen LogP contribution in [0.3, 0.4) is 0 Å². The maximum atomic E-state index is 2.51. The second kappa shape index (κ2) is 25.1. The summed E-state index contributed by atoms with van der Waals surface area (Å²) < 4.78 is 2.96. The van der Waals surface area contributed by atoms with Crippen molar-refractivity contribution in [3.8, 4) is 19.5 Å². The number of hydrogen-bond acceptors (Lipinski definition) is 5.